The highest BCUT2D eigenvalue weighted by Crippen LogP contribution is 2.11. The molecule has 1 amide bonds. The molecule has 1 heterocycles. The molecule has 0 saturated carbocycles. The van der Waals surface area contributed by atoms with E-state index < -0.39 is 0 Å². The summed E-state index contributed by atoms with van der Waals surface area (Å²) >= 11 is 0. The summed E-state index contributed by atoms with van der Waals surface area (Å²) < 4.78 is 1.46. The van der Waals surface area contributed by atoms with Crippen molar-refractivity contribution in [3.63, 3.8) is 0 Å². The molecule has 0 aliphatic rings. The highest BCUT2D eigenvalue weighted by molar-refractivity contribution is 5.76. The zero-order valence-corrected chi connectivity index (χ0v) is 13.2. The molecular formula is C18H19N5O. The number of hydrogen-bond acceptors (Lipinski definition) is 4. The van der Waals surface area contributed by atoms with Gasteiger partial charge in [0.25, 0.3) is 0 Å². The lowest BCUT2D eigenvalue weighted by atomic mass is 10.1. The molecule has 0 spiro atoms. The molecule has 0 saturated heterocycles. The van der Waals surface area contributed by atoms with Crippen LogP contribution in [0.4, 0.5) is 5.95 Å². The van der Waals surface area contributed by atoms with Gasteiger partial charge in [-0.05, 0) is 11.1 Å². The first-order valence-electron chi connectivity index (χ1n) is 7.71. The Bertz CT molecular complexity index is 744. The molecule has 0 bridgehead atoms. The summed E-state index contributed by atoms with van der Waals surface area (Å²) in [4.78, 5) is 18.4. The van der Waals surface area contributed by atoms with Crippen molar-refractivity contribution in [2.45, 2.75) is 19.6 Å². The molecule has 6 heteroatoms. The average molecular weight is 321 g/mol. The van der Waals surface area contributed by atoms with Gasteiger partial charge in [0, 0.05) is 13.1 Å². The third-order valence-electron chi connectivity index (χ3n) is 3.64. The lowest BCUT2D eigenvalue weighted by Crippen LogP contribution is -2.33. The second-order valence-corrected chi connectivity index (χ2v) is 5.52. The Labute approximate surface area is 140 Å². The molecule has 0 radical (unpaired) electrons. The highest BCUT2D eigenvalue weighted by atomic mass is 16.2. The lowest BCUT2D eigenvalue weighted by molar-refractivity contribution is -0.133. The summed E-state index contributed by atoms with van der Waals surface area (Å²) in [6, 6.07) is 19.9. The van der Waals surface area contributed by atoms with Crippen LogP contribution < -0.4 is 5.73 Å². The molecule has 0 atom stereocenters. The Morgan fingerprint density at radius 2 is 1.50 bits per heavy atom. The Morgan fingerprint density at radius 1 is 0.958 bits per heavy atom. The number of nitrogens with zero attached hydrogens (tertiary/aromatic N) is 4. The van der Waals surface area contributed by atoms with Crippen LogP contribution >= 0.6 is 0 Å². The van der Waals surface area contributed by atoms with Crippen LogP contribution in [0.15, 0.2) is 67.0 Å². The number of nitrogens with two attached hydrogens (primary N) is 1. The molecule has 2 aromatic carbocycles. The Kier molecular flexibility index (Phi) is 4.86. The number of hydrogen-bond donors (Lipinski definition) is 1. The van der Waals surface area contributed by atoms with Crippen molar-refractivity contribution >= 4 is 11.9 Å². The Hall–Kier alpha value is -3.15. The van der Waals surface area contributed by atoms with Crippen LogP contribution in [0.3, 0.4) is 0 Å². The van der Waals surface area contributed by atoms with E-state index in [4.69, 9.17) is 5.73 Å². The smallest absolute Gasteiger partial charge is 0.244 e. The molecule has 3 aromatic rings. The first-order valence-corrected chi connectivity index (χ1v) is 7.71. The standard InChI is InChI=1S/C18H19N5O/c19-18-20-14-23(21-18)13-17(24)22(11-15-7-3-1-4-8-15)12-16-9-5-2-6-10-16/h1-10,14H,11-13H2,(H2,19,21). The fraction of sp³-hybridized carbons (Fsp3) is 0.167. The molecule has 0 fully saturated rings. The molecule has 6 nitrogen and oxygen atoms in total. The number of benzene rings is 2. The number of rotatable bonds is 6. The normalized spacial score (nSPS) is 10.5. The molecule has 24 heavy (non-hydrogen) atoms. The predicted molar refractivity (Wildman–Crippen MR) is 91.6 cm³/mol. The Balaban J connectivity index is 1.76. The van der Waals surface area contributed by atoms with E-state index in [9.17, 15) is 4.79 Å². The number of anilines is 1. The van der Waals surface area contributed by atoms with Crippen molar-refractivity contribution in [2.24, 2.45) is 0 Å². The minimum atomic E-state index is -0.0346. The highest BCUT2D eigenvalue weighted by Gasteiger charge is 2.16. The van der Waals surface area contributed by atoms with Crippen molar-refractivity contribution in [2.75, 3.05) is 5.73 Å². The van der Waals surface area contributed by atoms with Gasteiger partial charge in [0.05, 0.1) is 0 Å². The van der Waals surface area contributed by atoms with E-state index in [1.807, 2.05) is 65.6 Å². The van der Waals surface area contributed by atoms with Crippen molar-refractivity contribution in [3.05, 3.63) is 78.1 Å². The third-order valence-corrected chi connectivity index (χ3v) is 3.64. The minimum Gasteiger partial charge on any atom is -0.367 e. The molecule has 2 N–H and O–H groups in total. The van der Waals surface area contributed by atoms with Crippen molar-refractivity contribution in [3.8, 4) is 0 Å². The van der Waals surface area contributed by atoms with E-state index >= 15 is 0 Å². The first-order chi connectivity index (χ1) is 11.7. The summed E-state index contributed by atoms with van der Waals surface area (Å²) in [6.07, 6.45) is 1.47. The predicted octanol–water partition coefficient (Wildman–Crippen LogP) is 2.09. The van der Waals surface area contributed by atoms with Crippen LogP contribution in [-0.2, 0) is 24.4 Å². The van der Waals surface area contributed by atoms with E-state index in [2.05, 4.69) is 10.1 Å². The maximum atomic E-state index is 12.7. The fourth-order valence-electron chi connectivity index (χ4n) is 2.46. The zero-order chi connectivity index (χ0) is 16.8. The quantitative estimate of drug-likeness (QED) is 0.754. The van der Waals surface area contributed by atoms with Gasteiger partial charge in [-0.25, -0.2) is 9.67 Å². The van der Waals surface area contributed by atoms with Gasteiger partial charge in [0.15, 0.2) is 0 Å². The van der Waals surface area contributed by atoms with E-state index in [-0.39, 0.29) is 18.4 Å². The molecule has 0 unspecified atom stereocenters. The summed E-state index contributed by atoms with van der Waals surface area (Å²) in [5.41, 5.74) is 7.68. The van der Waals surface area contributed by atoms with E-state index in [0.29, 0.717) is 13.1 Å². The SMILES string of the molecule is Nc1ncn(CC(=O)N(Cc2ccccc2)Cc2ccccc2)n1. The van der Waals surface area contributed by atoms with Gasteiger partial charge in [-0.1, -0.05) is 60.7 Å². The third kappa shape index (κ3) is 4.19. The lowest BCUT2D eigenvalue weighted by Gasteiger charge is -2.23. The van der Waals surface area contributed by atoms with Gasteiger partial charge < -0.3 is 10.6 Å². The summed E-state index contributed by atoms with van der Waals surface area (Å²) in [5.74, 6) is 0.132. The summed E-state index contributed by atoms with van der Waals surface area (Å²) in [7, 11) is 0. The monoisotopic (exact) mass is 321 g/mol. The van der Waals surface area contributed by atoms with Crippen LogP contribution in [0.5, 0.6) is 0 Å². The number of carbonyl (C=O) groups is 1. The summed E-state index contributed by atoms with van der Waals surface area (Å²) in [5, 5.41) is 3.98. The van der Waals surface area contributed by atoms with Gasteiger partial charge in [0.1, 0.15) is 12.9 Å². The van der Waals surface area contributed by atoms with Crippen LogP contribution in [0, 0.1) is 0 Å². The maximum absolute atomic E-state index is 12.7. The number of nitrogen functional groups attached to an aromatic ring is 1. The van der Waals surface area contributed by atoms with Gasteiger partial charge in [-0.15, -0.1) is 5.10 Å². The molecule has 1 aromatic heterocycles. The zero-order valence-electron chi connectivity index (χ0n) is 13.2. The molecule has 3 rings (SSSR count). The number of carbonyl (C=O) groups excluding carboxylic acids is 1. The van der Waals surface area contributed by atoms with Gasteiger partial charge in [-0.3, -0.25) is 4.79 Å². The Morgan fingerprint density at radius 3 is 1.96 bits per heavy atom. The molecule has 0 aliphatic carbocycles. The van der Waals surface area contributed by atoms with Crippen LogP contribution in [0.25, 0.3) is 0 Å². The van der Waals surface area contributed by atoms with Gasteiger partial charge in [-0.2, -0.15) is 0 Å². The van der Waals surface area contributed by atoms with Crippen LogP contribution in [0.2, 0.25) is 0 Å². The maximum Gasteiger partial charge on any atom is 0.244 e. The van der Waals surface area contributed by atoms with Gasteiger partial charge >= 0.3 is 0 Å². The fourth-order valence-corrected chi connectivity index (χ4v) is 2.46. The van der Waals surface area contributed by atoms with Crippen molar-refractivity contribution in [1.82, 2.24) is 19.7 Å². The molecular weight excluding hydrogens is 302 g/mol. The summed E-state index contributed by atoms with van der Waals surface area (Å²) in [6.45, 7) is 1.20. The van der Waals surface area contributed by atoms with E-state index in [1.165, 1.54) is 11.0 Å². The average Bonchev–Trinajstić information content (AvgIpc) is 3.01. The second kappa shape index (κ2) is 7.41. The minimum absolute atomic E-state index is 0.0346. The van der Waals surface area contributed by atoms with Crippen LogP contribution in [0.1, 0.15) is 11.1 Å². The number of aromatic nitrogens is 3. The molecule has 0 aliphatic heterocycles. The van der Waals surface area contributed by atoms with Crippen molar-refractivity contribution in [1.29, 1.82) is 0 Å². The molecule has 122 valence electrons. The topological polar surface area (TPSA) is 77.0 Å². The van der Waals surface area contributed by atoms with E-state index in [0.717, 1.165) is 11.1 Å². The largest absolute Gasteiger partial charge is 0.367 e. The van der Waals surface area contributed by atoms with Gasteiger partial charge in [0.2, 0.25) is 11.9 Å². The van der Waals surface area contributed by atoms with Crippen LogP contribution in [-0.4, -0.2) is 25.6 Å². The number of amides is 1. The first kappa shape index (κ1) is 15.7. The van der Waals surface area contributed by atoms with Crippen molar-refractivity contribution < 1.29 is 4.79 Å². The second-order valence-electron chi connectivity index (χ2n) is 5.52. The van der Waals surface area contributed by atoms with E-state index in [1.54, 1.807) is 0 Å².